The maximum atomic E-state index is 5.70. The fraction of sp³-hybridized carbons (Fsp3) is 0.400. The molecule has 1 aliphatic rings. The van der Waals surface area contributed by atoms with E-state index in [4.69, 9.17) is 5.73 Å². The Morgan fingerprint density at radius 1 is 1.27 bits per heavy atom. The molecule has 1 nitrogen and oxygen atoms in total. The van der Waals surface area contributed by atoms with Crippen molar-refractivity contribution >= 4 is 0 Å². The Balaban J connectivity index is 2.87. The van der Waals surface area contributed by atoms with E-state index in [2.05, 4.69) is 26.0 Å². The second-order valence-electron chi connectivity index (χ2n) is 3.12. The highest BCUT2D eigenvalue weighted by molar-refractivity contribution is 5.30. The first-order chi connectivity index (χ1) is 5.18. The molecule has 0 aliphatic heterocycles. The fourth-order valence-electron chi connectivity index (χ4n) is 1.29. The lowest BCUT2D eigenvalue weighted by atomic mass is 10.0. The first-order valence-electron chi connectivity index (χ1n) is 3.99. The highest BCUT2D eigenvalue weighted by Gasteiger charge is 1.95. The third kappa shape index (κ3) is 2.62. The van der Waals surface area contributed by atoms with Crippen LogP contribution in [0.5, 0.6) is 0 Å². The summed E-state index contributed by atoms with van der Waals surface area (Å²) in [6.45, 7) is 4.24. The normalized spacial score (nSPS) is 33.5. The number of rotatable bonds is 0. The highest BCUT2D eigenvalue weighted by Crippen LogP contribution is 2.13. The molecule has 2 N–H and O–H groups in total. The zero-order chi connectivity index (χ0) is 8.27. The van der Waals surface area contributed by atoms with Gasteiger partial charge in [0.05, 0.1) is 0 Å². The highest BCUT2D eigenvalue weighted by atomic mass is 14.6. The van der Waals surface area contributed by atoms with Gasteiger partial charge in [0, 0.05) is 5.70 Å². The van der Waals surface area contributed by atoms with Gasteiger partial charge in [0.2, 0.25) is 0 Å². The summed E-state index contributed by atoms with van der Waals surface area (Å²) in [4.78, 5) is 0. The molecule has 0 saturated carbocycles. The zero-order valence-corrected chi connectivity index (χ0v) is 7.22. The summed E-state index contributed by atoms with van der Waals surface area (Å²) in [5.74, 6) is 0. The Morgan fingerprint density at radius 3 is 2.73 bits per heavy atom. The van der Waals surface area contributed by atoms with Crippen LogP contribution < -0.4 is 5.73 Å². The molecule has 0 aromatic rings. The Bertz CT molecular complexity index is 231. The van der Waals surface area contributed by atoms with E-state index in [0.717, 1.165) is 18.5 Å². The molecule has 1 heteroatoms. The van der Waals surface area contributed by atoms with Crippen LogP contribution in [0.25, 0.3) is 0 Å². The molecule has 0 radical (unpaired) electrons. The van der Waals surface area contributed by atoms with E-state index in [1.165, 1.54) is 11.1 Å². The summed E-state index contributed by atoms with van der Waals surface area (Å²) in [6, 6.07) is 0. The molecule has 1 rings (SSSR count). The molecule has 60 valence electrons. The van der Waals surface area contributed by atoms with Crippen molar-refractivity contribution in [2.45, 2.75) is 26.7 Å². The predicted octanol–water partition coefficient (Wildman–Crippen LogP) is 2.52. The second kappa shape index (κ2) is 3.42. The summed E-state index contributed by atoms with van der Waals surface area (Å²) in [7, 11) is 0. The molecule has 0 aromatic carbocycles. The monoisotopic (exact) mass is 149 g/mol. The SMILES string of the molecule is CC1=C/C(N)=C\CC/C(C)=C\1. The minimum Gasteiger partial charge on any atom is -0.399 e. The van der Waals surface area contributed by atoms with Crippen LogP contribution in [0, 0.1) is 0 Å². The van der Waals surface area contributed by atoms with Gasteiger partial charge in [0.15, 0.2) is 0 Å². The largest absolute Gasteiger partial charge is 0.399 e. The van der Waals surface area contributed by atoms with Crippen molar-refractivity contribution < 1.29 is 0 Å². The van der Waals surface area contributed by atoms with E-state index < -0.39 is 0 Å². The van der Waals surface area contributed by atoms with Gasteiger partial charge in [-0.3, -0.25) is 0 Å². The van der Waals surface area contributed by atoms with E-state index in [0.29, 0.717) is 0 Å². The first-order valence-corrected chi connectivity index (χ1v) is 3.99. The van der Waals surface area contributed by atoms with Crippen LogP contribution in [0.15, 0.2) is 35.1 Å². The third-order valence-corrected chi connectivity index (χ3v) is 1.79. The van der Waals surface area contributed by atoms with Crippen LogP contribution in [0.3, 0.4) is 0 Å². The molecule has 0 spiro atoms. The van der Waals surface area contributed by atoms with E-state index >= 15 is 0 Å². The Labute approximate surface area is 68.3 Å². The molecule has 0 aromatic heterocycles. The maximum Gasteiger partial charge on any atom is 0.0276 e. The Hall–Kier alpha value is -0.980. The van der Waals surface area contributed by atoms with E-state index in [1.54, 1.807) is 0 Å². The summed E-state index contributed by atoms with van der Waals surface area (Å²) in [6.07, 6.45) is 8.49. The summed E-state index contributed by atoms with van der Waals surface area (Å²) < 4.78 is 0. The minimum atomic E-state index is 0.895. The molecule has 0 heterocycles. The Morgan fingerprint density at radius 2 is 2.00 bits per heavy atom. The first kappa shape index (κ1) is 8.12. The quantitative estimate of drug-likeness (QED) is 0.562. The van der Waals surface area contributed by atoms with Gasteiger partial charge >= 0.3 is 0 Å². The molecule has 11 heavy (non-hydrogen) atoms. The van der Waals surface area contributed by atoms with Gasteiger partial charge in [-0.15, -0.1) is 0 Å². The van der Waals surface area contributed by atoms with Crippen LogP contribution >= 0.6 is 0 Å². The molecule has 1 aliphatic carbocycles. The van der Waals surface area contributed by atoms with Crippen LogP contribution in [-0.2, 0) is 0 Å². The van der Waals surface area contributed by atoms with Crippen molar-refractivity contribution in [3.8, 4) is 0 Å². The number of nitrogens with two attached hydrogens (primary N) is 1. The van der Waals surface area contributed by atoms with E-state index in [-0.39, 0.29) is 0 Å². The van der Waals surface area contributed by atoms with Gasteiger partial charge < -0.3 is 5.73 Å². The van der Waals surface area contributed by atoms with Crippen molar-refractivity contribution in [3.05, 3.63) is 35.1 Å². The summed E-state index contributed by atoms with van der Waals surface area (Å²) in [5, 5.41) is 0. The van der Waals surface area contributed by atoms with Gasteiger partial charge in [-0.25, -0.2) is 0 Å². The van der Waals surface area contributed by atoms with Crippen molar-refractivity contribution in [1.29, 1.82) is 0 Å². The van der Waals surface area contributed by atoms with Crippen molar-refractivity contribution in [2.75, 3.05) is 0 Å². The van der Waals surface area contributed by atoms with Crippen molar-refractivity contribution in [1.82, 2.24) is 0 Å². The molecule has 0 amide bonds. The molecule has 0 fully saturated rings. The average Bonchev–Trinajstić information content (AvgIpc) is 1.83. The molecular weight excluding hydrogens is 134 g/mol. The van der Waals surface area contributed by atoms with Crippen LogP contribution in [0.1, 0.15) is 26.7 Å². The Kier molecular flexibility index (Phi) is 2.53. The fourth-order valence-corrected chi connectivity index (χ4v) is 1.29. The minimum absolute atomic E-state index is 0.895. The van der Waals surface area contributed by atoms with Gasteiger partial charge in [-0.05, 0) is 38.3 Å². The van der Waals surface area contributed by atoms with Gasteiger partial charge in [-0.1, -0.05) is 17.7 Å². The van der Waals surface area contributed by atoms with Crippen molar-refractivity contribution in [2.24, 2.45) is 5.73 Å². The lowest BCUT2D eigenvalue weighted by molar-refractivity contribution is 0.960. The smallest absolute Gasteiger partial charge is 0.0276 e. The van der Waals surface area contributed by atoms with Gasteiger partial charge in [0.25, 0.3) is 0 Å². The molecular formula is C10H15N. The molecule has 0 atom stereocenters. The molecule has 0 unspecified atom stereocenters. The van der Waals surface area contributed by atoms with Crippen LogP contribution in [-0.4, -0.2) is 0 Å². The second-order valence-corrected chi connectivity index (χ2v) is 3.12. The lowest BCUT2D eigenvalue weighted by Crippen LogP contribution is -1.95. The number of allylic oxidation sites excluding steroid dienone is 5. The third-order valence-electron chi connectivity index (χ3n) is 1.79. The van der Waals surface area contributed by atoms with Gasteiger partial charge in [-0.2, -0.15) is 0 Å². The van der Waals surface area contributed by atoms with Crippen LogP contribution in [0.2, 0.25) is 0 Å². The maximum absolute atomic E-state index is 5.70. The molecule has 0 bridgehead atoms. The number of hydrogen-bond acceptors (Lipinski definition) is 1. The summed E-state index contributed by atoms with van der Waals surface area (Å²) >= 11 is 0. The predicted molar refractivity (Wildman–Crippen MR) is 49.0 cm³/mol. The van der Waals surface area contributed by atoms with E-state index in [1.807, 2.05) is 6.08 Å². The lowest BCUT2D eigenvalue weighted by Gasteiger charge is -2.04. The topological polar surface area (TPSA) is 26.0 Å². The standard InChI is InChI=1S/C10H15N/c1-8-4-3-5-10(11)7-9(2)6-8/h5-7H,3-4,11H2,1-2H3/b8-6-,9-7-,10-5+. The zero-order valence-electron chi connectivity index (χ0n) is 7.22. The van der Waals surface area contributed by atoms with Crippen LogP contribution in [0.4, 0.5) is 0 Å². The molecule has 0 saturated heterocycles. The van der Waals surface area contributed by atoms with Crippen molar-refractivity contribution in [3.63, 3.8) is 0 Å². The summed E-state index contributed by atoms with van der Waals surface area (Å²) in [5.41, 5.74) is 9.27. The number of hydrogen-bond donors (Lipinski definition) is 1. The average molecular weight is 149 g/mol. The van der Waals surface area contributed by atoms with Gasteiger partial charge in [0.1, 0.15) is 0 Å². The van der Waals surface area contributed by atoms with E-state index in [9.17, 15) is 0 Å².